The molecule has 0 aliphatic carbocycles. The molecule has 1 saturated heterocycles. The summed E-state index contributed by atoms with van der Waals surface area (Å²) in [5, 5.41) is 11.7. The van der Waals surface area contributed by atoms with Gasteiger partial charge in [-0.1, -0.05) is 36.0 Å². The van der Waals surface area contributed by atoms with Crippen molar-refractivity contribution in [1.29, 1.82) is 0 Å². The van der Waals surface area contributed by atoms with E-state index in [4.69, 9.17) is 4.74 Å². The molecule has 1 unspecified atom stereocenters. The van der Waals surface area contributed by atoms with Crippen LogP contribution in [0.5, 0.6) is 0 Å². The molecule has 0 bridgehead atoms. The number of ether oxygens (including phenoxy) is 1. The number of carbonyl (C=O) groups excluding carboxylic acids is 1. The highest BCUT2D eigenvalue weighted by atomic mass is 32.2. The van der Waals surface area contributed by atoms with E-state index < -0.39 is 0 Å². The van der Waals surface area contributed by atoms with Crippen LogP contribution in [0.3, 0.4) is 0 Å². The van der Waals surface area contributed by atoms with E-state index >= 15 is 0 Å². The molecule has 0 N–H and O–H groups in total. The van der Waals surface area contributed by atoms with Gasteiger partial charge in [0.1, 0.15) is 0 Å². The fourth-order valence-electron chi connectivity index (χ4n) is 3.94. The molecule has 3 aromatic rings. The minimum Gasteiger partial charge on any atom is -0.376 e. The summed E-state index contributed by atoms with van der Waals surface area (Å²) in [6.07, 6.45) is 3.25. The summed E-state index contributed by atoms with van der Waals surface area (Å²) < 4.78 is 7.96. The van der Waals surface area contributed by atoms with Crippen molar-refractivity contribution < 1.29 is 9.53 Å². The average molecular weight is 427 g/mol. The van der Waals surface area contributed by atoms with Gasteiger partial charge in [-0.3, -0.25) is 9.36 Å². The molecule has 1 aromatic carbocycles. The molecule has 8 heteroatoms. The Kier molecular flexibility index (Phi) is 5.39. The van der Waals surface area contributed by atoms with Gasteiger partial charge in [0.25, 0.3) is 0 Å². The minimum absolute atomic E-state index is 0.115. The minimum atomic E-state index is 0.115. The Labute approximate surface area is 177 Å². The number of rotatable bonds is 6. The van der Waals surface area contributed by atoms with Gasteiger partial charge in [0, 0.05) is 18.8 Å². The predicted octanol–water partition coefficient (Wildman–Crippen LogP) is 3.87. The highest BCUT2D eigenvalue weighted by Crippen LogP contribution is 2.31. The maximum absolute atomic E-state index is 12.9. The number of nitrogens with zero attached hydrogens (tertiary/aromatic N) is 4. The van der Waals surface area contributed by atoms with Gasteiger partial charge in [-0.2, -0.15) is 0 Å². The molecule has 1 atom stereocenters. The Morgan fingerprint density at radius 3 is 3.00 bits per heavy atom. The lowest BCUT2D eigenvalue weighted by atomic mass is 10.2. The van der Waals surface area contributed by atoms with E-state index in [0.717, 1.165) is 60.5 Å². The smallest absolute Gasteiger partial charge is 0.237 e. The molecule has 4 heterocycles. The van der Waals surface area contributed by atoms with Gasteiger partial charge >= 0.3 is 0 Å². The Morgan fingerprint density at radius 2 is 2.17 bits per heavy atom. The first-order valence-corrected chi connectivity index (χ1v) is 11.8. The topological polar surface area (TPSA) is 60.3 Å². The first-order valence-electron chi connectivity index (χ1n) is 9.89. The maximum Gasteiger partial charge on any atom is 0.237 e. The van der Waals surface area contributed by atoms with Gasteiger partial charge < -0.3 is 9.64 Å². The first kappa shape index (κ1) is 18.8. The Bertz CT molecular complexity index is 996. The lowest BCUT2D eigenvalue weighted by molar-refractivity contribution is -0.116. The third-order valence-corrected chi connectivity index (χ3v) is 7.20. The van der Waals surface area contributed by atoms with Gasteiger partial charge in [0.15, 0.2) is 11.0 Å². The van der Waals surface area contributed by atoms with Gasteiger partial charge in [-0.25, -0.2) is 0 Å². The molecule has 6 nitrogen and oxygen atoms in total. The van der Waals surface area contributed by atoms with Crippen LogP contribution in [0.25, 0.3) is 10.7 Å². The fraction of sp³-hybridized carbons (Fsp3) is 0.381. The molecule has 2 aromatic heterocycles. The van der Waals surface area contributed by atoms with Crippen LogP contribution in [0.1, 0.15) is 18.4 Å². The average Bonchev–Trinajstić information content (AvgIpc) is 3.53. The number of benzene rings is 1. The van der Waals surface area contributed by atoms with Crippen LogP contribution in [0.15, 0.2) is 46.9 Å². The van der Waals surface area contributed by atoms with E-state index in [1.807, 2.05) is 34.5 Å². The van der Waals surface area contributed by atoms with Crippen LogP contribution in [0.2, 0.25) is 0 Å². The van der Waals surface area contributed by atoms with Crippen LogP contribution in [-0.2, 0) is 22.5 Å². The lowest BCUT2D eigenvalue weighted by Gasteiger charge is -2.17. The summed E-state index contributed by atoms with van der Waals surface area (Å²) >= 11 is 3.12. The molecule has 1 amide bonds. The number of anilines is 1. The second-order valence-corrected chi connectivity index (χ2v) is 9.13. The summed E-state index contributed by atoms with van der Waals surface area (Å²) in [6, 6.07) is 12.2. The molecule has 2 aliphatic heterocycles. The van der Waals surface area contributed by atoms with Crippen LogP contribution in [0.4, 0.5) is 5.69 Å². The SMILES string of the molecule is O=C(CSc1nnc(-c2cccs2)n1CC1CCCO1)N1CCc2ccccc21. The maximum atomic E-state index is 12.9. The van der Waals surface area contributed by atoms with E-state index in [9.17, 15) is 4.79 Å². The number of hydrogen-bond acceptors (Lipinski definition) is 6. The van der Waals surface area contributed by atoms with Gasteiger partial charge in [0.2, 0.25) is 5.91 Å². The summed E-state index contributed by atoms with van der Waals surface area (Å²) in [7, 11) is 0. The first-order chi connectivity index (χ1) is 14.3. The fourth-order valence-corrected chi connectivity index (χ4v) is 5.48. The van der Waals surface area contributed by atoms with Crippen molar-refractivity contribution in [2.45, 2.75) is 37.1 Å². The molecule has 1 fully saturated rings. The van der Waals surface area contributed by atoms with Crippen molar-refractivity contribution in [2.24, 2.45) is 0 Å². The zero-order valence-electron chi connectivity index (χ0n) is 16.0. The van der Waals surface area contributed by atoms with Crippen LogP contribution >= 0.6 is 23.1 Å². The molecule has 29 heavy (non-hydrogen) atoms. The van der Waals surface area contributed by atoms with E-state index in [-0.39, 0.29) is 12.0 Å². The largest absolute Gasteiger partial charge is 0.376 e. The standard InChI is InChI=1S/C21H22N4O2S2/c26-19(24-10-9-15-5-1-2-7-17(15)24)14-29-21-23-22-20(18-8-4-12-28-18)25(21)13-16-6-3-11-27-16/h1-2,4-5,7-8,12,16H,3,6,9-11,13-14H2. The zero-order valence-corrected chi connectivity index (χ0v) is 17.6. The summed E-state index contributed by atoms with van der Waals surface area (Å²) in [5.74, 6) is 1.32. The Hall–Kier alpha value is -2.16. The molecule has 0 saturated carbocycles. The molecule has 0 radical (unpaired) electrons. The highest BCUT2D eigenvalue weighted by molar-refractivity contribution is 7.99. The number of thiophene rings is 1. The number of hydrogen-bond donors (Lipinski definition) is 0. The third kappa shape index (κ3) is 3.84. The molecule has 0 spiro atoms. The van der Waals surface area contributed by atoms with Crippen molar-refractivity contribution in [1.82, 2.24) is 14.8 Å². The quantitative estimate of drug-likeness (QED) is 0.560. The van der Waals surface area contributed by atoms with E-state index in [1.165, 1.54) is 17.3 Å². The van der Waals surface area contributed by atoms with E-state index in [2.05, 4.69) is 26.9 Å². The van der Waals surface area contributed by atoms with Crippen molar-refractivity contribution in [2.75, 3.05) is 23.8 Å². The van der Waals surface area contributed by atoms with Crippen molar-refractivity contribution >= 4 is 34.7 Å². The lowest BCUT2D eigenvalue weighted by Crippen LogP contribution is -2.30. The van der Waals surface area contributed by atoms with Crippen molar-refractivity contribution in [3.05, 3.63) is 47.3 Å². The summed E-state index contributed by atoms with van der Waals surface area (Å²) in [5.41, 5.74) is 2.28. The summed E-state index contributed by atoms with van der Waals surface area (Å²) in [4.78, 5) is 15.9. The highest BCUT2D eigenvalue weighted by Gasteiger charge is 2.26. The van der Waals surface area contributed by atoms with Crippen molar-refractivity contribution in [3.63, 3.8) is 0 Å². The second kappa shape index (κ2) is 8.30. The number of carbonyl (C=O) groups is 1. The number of amides is 1. The van der Waals surface area contributed by atoms with Crippen molar-refractivity contribution in [3.8, 4) is 10.7 Å². The number of fused-ring (bicyclic) bond motifs is 1. The molecule has 2 aliphatic rings. The second-order valence-electron chi connectivity index (χ2n) is 7.24. The number of para-hydroxylation sites is 1. The molecular formula is C21H22N4O2S2. The third-order valence-electron chi connectivity index (χ3n) is 5.38. The number of aromatic nitrogens is 3. The predicted molar refractivity (Wildman–Crippen MR) is 116 cm³/mol. The van der Waals surface area contributed by atoms with Crippen LogP contribution in [-0.4, -0.2) is 45.7 Å². The monoisotopic (exact) mass is 426 g/mol. The number of thioether (sulfide) groups is 1. The summed E-state index contributed by atoms with van der Waals surface area (Å²) in [6.45, 7) is 2.29. The molecule has 5 rings (SSSR count). The molecule has 150 valence electrons. The van der Waals surface area contributed by atoms with Gasteiger partial charge in [-0.15, -0.1) is 21.5 Å². The van der Waals surface area contributed by atoms with E-state index in [0.29, 0.717) is 5.75 Å². The van der Waals surface area contributed by atoms with E-state index in [1.54, 1.807) is 11.3 Å². The Balaban J connectivity index is 1.33. The van der Waals surface area contributed by atoms with Crippen LogP contribution in [0, 0.1) is 0 Å². The van der Waals surface area contributed by atoms with Gasteiger partial charge in [-0.05, 0) is 42.3 Å². The van der Waals surface area contributed by atoms with Gasteiger partial charge in [0.05, 0.1) is 23.3 Å². The normalized spacial score (nSPS) is 18.3. The zero-order chi connectivity index (χ0) is 19.6. The van der Waals surface area contributed by atoms with Crippen LogP contribution < -0.4 is 4.90 Å². The Morgan fingerprint density at radius 1 is 1.24 bits per heavy atom. The molecular weight excluding hydrogens is 404 g/mol.